The van der Waals surface area contributed by atoms with Crippen LogP contribution < -0.4 is 5.32 Å². The molecule has 0 bridgehead atoms. The molecule has 0 aromatic heterocycles. The third-order valence-electron chi connectivity index (χ3n) is 5.25. The molecule has 0 amide bonds. The Hall–Kier alpha value is -0.0800. The molecule has 2 aliphatic carbocycles. The molecule has 1 heterocycles. The number of nitrogens with zero attached hydrogens (tertiary/aromatic N) is 1. The molecule has 2 saturated carbocycles. The molecule has 92 valence electrons. The molecule has 3 atom stereocenters. The molecule has 0 radical (unpaired) electrons. The fourth-order valence-corrected chi connectivity index (χ4v) is 3.11. The van der Waals surface area contributed by atoms with Crippen LogP contribution >= 0.6 is 0 Å². The van der Waals surface area contributed by atoms with Crippen LogP contribution in [0.2, 0.25) is 0 Å². The van der Waals surface area contributed by atoms with Crippen LogP contribution in [0.4, 0.5) is 0 Å². The number of nitrogens with one attached hydrogen (secondary N) is 1. The zero-order valence-electron chi connectivity index (χ0n) is 11.0. The fourth-order valence-electron chi connectivity index (χ4n) is 3.11. The van der Waals surface area contributed by atoms with Crippen molar-refractivity contribution in [3.63, 3.8) is 0 Å². The van der Waals surface area contributed by atoms with E-state index in [0.29, 0.717) is 11.5 Å². The van der Waals surface area contributed by atoms with Crippen molar-refractivity contribution in [2.45, 2.75) is 64.6 Å². The van der Waals surface area contributed by atoms with Gasteiger partial charge in [0.1, 0.15) is 0 Å². The largest absolute Gasteiger partial charge is 0.309 e. The number of rotatable bonds is 4. The second-order valence-corrected chi connectivity index (χ2v) is 6.81. The molecule has 3 rings (SSSR count). The van der Waals surface area contributed by atoms with E-state index in [-0.39, 0.29) is 0 Å². The van der Waals surface area contributed by atoms with Gasteiger partial charge < -0.3 is 5.32 Å². The van der Waals surface area contributed by atoms with Crippen LogP contribution in [0.15, 0.2) is 0 Å². The van der Waals surface area contributed by atoms with Gasteiger partial charge >= 0.3 is 0 Å². The minimum absolute atomic E-state index is 0.618. The molecule has 3 unspecified atom stereocenters. The van der Waals surface area contributed by atoms with E-state index < -0.39 is 0 Å². The van der Waals surface area contributed by atoms with Crippen molar-refractivity contribution in [1.29, 1.82) is 0 Å². The first kappa shape index (κ1) is 11.0. The van der Waals surface area contributed by atoms with Crippen LogP contribution in [0, 0.1) is 11.3 Å². The maximum absolute atomic E-state index is 3.90. The minimum atomic E-state index is 0.618. The lowest BCUT2D eigenvalue weighted by molar-refractivity contribution is 0.296. The van der Waals surface area contributed by atoms with Crippen LogP contribution in [0.3, 0.4) is 0 Å². The number of hydrogen-bond donors (Lipinski definition) is 1. The first-order chi connectivity index (χ1) is 7.58. The molecule has 1 aliphatic heterocycles. The Balaban J connectivity index is 1.54. The summed E-state index contributed by atoms with van der Waals surface area (Å²) in [7, 11) is 0. The van der Waals surface area contributed by atoms with Crippen molar-refractivity contribution in [3.05, 3.63) is 0 Å². The van der Waals surface area contributed by atoms with Gasteiger partial charge in [0, 0.05) is 31.2 Å². The molecule has 0 aromatic carbocycles. The highest BCUT2D eigenvalue weighted by molar-refractivity contribution is 5.01. The molecule has 1 saturated heterocycles. The zero-order chi connectivity index (χ0) is 11.3. The molecule has 2 nitrogen and oxygen atoms in total. The summed E-state index contributed by atoms with van der Waals surface area (Å²) in [5, 5.41) is 3.90. The van der Waals surface area contributed by atoms with Crippen molar-refractivity contribution < 1.29 is 0 Å². The number of likely N-dealkylation sites (tertiary alicyclic amines) is 1. The van der Waals surface area contributed by atoms with Crippen molar-refractivity contribution in [2.75, 3.05) is 13.1 Å². The van der Waals surface area contributed by atoms with Crippen LogP contribution in [0.25, 0.3) is 0 Å². The van der Waals surface area contributed by atoms with Gasteiger partial charge in [0.05, 0.1) is 0 Å². The molecule has 2 heteroatoms. The Morgan fingerprint density at radius 3 is 2.50 bits per heavy atom. The molecular formula is C14H26N2. The SMILES string of the molecule is CC1CN(C2CC2)CC1NC(C)C1(C)CC1. The van der Waals surface area contributed by atoms with Gasteiger partial charge in [-0.1, -0.05) is 13.8 Å². The summed E-state index contributed by atoms with van der Waals surface area (Å²) in [5.74, 6) is 0.838. The quantitative estimate of drug-likeness (QED) is 0.785. The first-order valence-corrected chi connectivity index (χ1v) is 7.08. The summed E-state index contributed by atoms with van der Waals surface area (Å²) in [6.45, 7) is 9.86. The summed E-state index contributed by atoms with van der Waals surface area (Å²) in [4.78, 5) is 2.71. The third-order valence-corrected chi connectivity index (χ3v) is 5.25. The lowest BCUT2D eigenvalue weighted by Gasteiger charge is -2.26. The highest BCUT2D eigenvalue weighted by Gasteiger charge is 2.45. The Kier molecular flexibility index (Phi) is 2.56. The van der Waals surface area contributed by atoms with Gasteiger partial charge in [-0.05, 0) is 43.9 Å². The average molecular weight is 222 g/mol. The second-order valence-electron chi connectivity index (χ2n) is 6.81. The van der Waals surface area contributed by atoms with Gasteiger partial charge in [-0.15, -0.1) is 0 Å². The Bertz CT molecular complexity index is 268. The van der Waals surface area contributed by atoms with E-state index in [4.69, 9.17) is 0 Å². The van der Waals surface area contributed by atoms with Gasteiger partial charge in [-0.2, -0.15) is 0 Å². The van der Waals surface area contributed by atoms with Crippen molar-refractivity contribution in [2.24, 2.45) is 11.3 Å². The topological polar surface area (TPSA) is 15.3 Å². The Morgan fingerprint density at radius 2 is 1.94 bits per heavy atom. The molecule has 1 N–H and O–H groups in total. The maximum Gasteiger partial charge on any atom is 0.0235 e. The molecular weight excluding hydrogens is 196 g/mol. The zero-order valence-corrected chi connectivity index (χ0v) is 11.0. The van der Waals surface area contributed by atoms with Gasteiger partial charge in [0.15, 0.2) is 0 Å². The van der Waals surface area contributed by atoms with Crippen LogP contribution in [-0.2, 0) is 0 Å². The van der Waals surface area contributed by atoms with Gasteiger partial charge in [0.25, 0.3) is 0 Å². The van der Waals surface area contributed by atoms with Crippen molar-refractivity contribution in [1.82, 2.24) is 10.2 Å². The minimum Gasteiger partial charge on any atom is -0.309 e. The van der Waals surface area contributed by atoms with Gasteiger partial charge in [0.2, 0.25) is 0 Å². The predicted octanol–water partition coefficient (Wildman–Crippen LogP) is 2.25. The summed E-state index contributed by atoms with van der Waals surface area (Å²) < 4.78 is 0. The summed E-state index contributed by atoms with van der Waals surface area (Å²) >= 11 is 0. The molecule has 0 aromatic rings. The summed E-state index contributed by atoms with van der Waals surface area (Å²) in [6.07, 6.45) is 5.75. The van der Waals surface area contributed by atoms with E-state index in [0.717, 1.165) is 18.0 Å². The van der Waals surface area contributed by atoms with E-state index in [1.165, 1.54) is 38.8 Å². The number of hydrogen-bond acceptors (Lipinski definition) is 2. The second kappa shape index (κ2) is 3.71. The van der Waals surface area contributed by atoms with E-state index in [2.05, 4.69) is 31.0 Å². The third kappa shape index (κ3) is 2.02. The monoisotopic (exact) mass is 222 g/mol. The highest BCUT2D eigenvalue weighted by atomic mass is 15.2. The summed E-state index contributed by atoms with van der Waals surface area (Å²) in [6, 6.07) is 2.40. The predicted molar refractivity (Wildman–Crippen MR) is 67.5 cm³/mol. The fraction of sp³-hybridized carbons (Fsp3) is 1.00. The Labute approximate surface area is 99.8 Å². The van der Waals surface area contributed by atoms with E-state index >= 15 is 0 Å². The average Bonchev–Trinajstić information content (AvgIpc) is 3.12. The first-order valence-electron chi connectivity index (χ1n) is 7.08. The highest BCUT2D eigenvalue weighted by Crippen LogP contribution is 2.48. The Morgan fingerprint density at radius 1 is 1.25 bits per heavy atom. The van der Waals surface area contributed by atoms with E-state index in [9.17, 15) is 0 Å². The van der Waals surface area contributed by atoms with Crippen LogP contribution in [-0.4, -0.2) is 36.1 Å². The normalized spacial score (nSPS) is 39.9. The molecule has 3 aliphatic rings. The van der Waals surface area contributed by atoms with Gasteiger partial charge in [-0.25, -0.2) is 0 Å². The van der Waals surface area contributed by atoms with Gasteiger partial charge in [-0.3, -0.25) is 4.90 Å². The molecule has 3 fully saturated rings. The summed E-state index contributed by atoms with van der Waals surface area (Å²) in [5.41, 5.74) is 0.618. The van der Waals surface area contributed by atoms with E-state index in [1.54, 1.807) is 0 Å². The van der Waals surface area contributed by atoms with Crippen LogP contribution in [0.1, 0.15) is 46.5 Å². The lowest BCUT2D eigenvalue weighted by atomic mass is 9.97. The smallest absolute Gasteiger partial charge is 0.0235 e. The van der Waals surface area contributed by atoms with Crippen LogP contribution in [0.5, 0.6) is 0 Å². The molecule has 0 spiro atoms. The van der Waals surface area contributed by atoms with Crippen molar-refractivity contribution in [3.8, 4) is 0 Å². The maximum atomic E-state index is 3.90. The lowest BCUT2D eigenvalue weighted by Crippen LogP contribution is -2.44. The van der Waals surface area contributed by atoms with Crippen molar-refractivity contribution >= 4 is 0 Å². The van der Waals surface area contributed by atoms with E-state index in [1.807, 2.05) is 0 Å². The standard InChI is InChI=1S/C14H26N2/c1-10-8-16(12-4-5-12)9-13(10)15-11(2)14(3)6-7-14/h10-13,15H,4-9H2,1-3H3. The molecule has 16 heavy (non-hydrogen) atoms.